The molecular weight excluding hydrogens is 351 g/mol. The zero-order valence-corrected chi connectivity index (χ0v) is 13.4. The summed E-state index contributed by atoms with van der Waals surface area (Å²) in [4.78, 5) is 16.0. The number of methoxy groups -OCH3 is 1. The summed E-state index contributed by atoms with van der Waals surface area (Å²) in [5, 5.41) is 6.09. The van der Waals surface area contributed by atoms with Crippen molar-refractivity contribution in [2.75, 3.05) is 7.11 Å². The number of aromatic nitrogens is 2. The van der Waals surface area contributed by atoms with Crippen molar-refractivity contribution in [1.82, 2.24) is 15.5 Å². The number of nitrogens with zero attached hydrogens (tertiary/aromatic N) is 2. The lowest BCUT2D eigenvalue weighted by Crippen LogP contribution is -2.24. The number of halogens is 3. The van der Waals surface area contributed by atoms with Crippen LogP contribution in [0.2, 0.25) is 0 Å². The second kappa shape index (κ2) is 7.26. The van der Waals surface area contributed by atoms with Gasteiger partial charge >= 0.3 is 0 Å². The molecule has 3 aromatic rings. The van der Waals surface area contributed by atoms with Gasteiger partial charge in [0.2, 0.25) is 11.7 Å². The SMILES string of the molecule is COc1ccccc1-c1noc(CNC(=O)c2ccc(F)c(F)c2F)n1. The molecule has 0 saturated heterocycles. The van der Waals surface area contributed by atoms with Crippen molar-refractivity contribution in [3.63, 3.8) is 0 Å². The van der Waals surface area contributed by atoms with Gasteiger partial charge in [0.15, 0.2) is 17.5 Å². The highest BCUT2D eigenvalue weighted by atomic mass is 19.2. The summed E-state index contributed by atoms with van der Waals surface area (Å²) in [6, 6.07) is 8.50. The lowest BCUT2D eigenvalue weighted by atomic mass is 10.2. The number of para-hydroxylation sites is 1. The van der Waals surface area contributed by atoms with E-state index in [2.05, 4.69) is 15.5 Å². The van der Waals surface area contributed by atoms with Gasteiger partial charge in [-0.25, -0.2) is 13.2 Å². The van der Waals surface area contributed by atoms with Gasteiger partial charge in [-0.05, 0) is 24.3 Å². The molecule has 6 nitrogen and oxygen atoms in total. The van der Waals surface area contributed by atoms with E-state index in [0.29, 0.717) is 17.4 Å². The Labute approximate surface area is 145 Å². The van der Waals surface area contributed by atoms with Gasteiger partial charge in [-0.15, -0.1) is 0 Å². The lowest BCUT2D eigenvalue weighted by Gasteiger charge is -2.05. The number of ether oxygens (including phenoxy) is 1. The summed E-state index contributed by atoms with van der Waals surface area (Å²) in [7, 11) is 1.50. The standard InChI is InChI=1S/C17H12F3N3O3/c1-25-12-5-3-2-4-9(12)16-22-13(26-23-16)8-21-17(24)10-6-7-11(18)15(20)14(10)19/h2-7H,8H2,1H3,(H,21,24). The number of benzene rings is 2. The Kier molecular flexibility index (Phi) is 4.87. The number of rotatable bonds is 5. The number of hydrogen-bond donors (Lipinski definition) is 1. The van der Waals surface area contributed by atoms with E-state index in [4.69, 9.17) is 9.26 Å². The highest BCUT2D eigenvalue weighted by molar-refractivity contribution is 5.94. The van der Waals surface area contributed by atoms with Crippen LogP contribution in [0.15, 0.2) is 40.9 Å². The van der Waals surface area contributed by atoms with Gasteiger partial charge in [0, 0.05) is 0 Å². The van der Waals surface area contributed by atoms with E-state index in [9.17, 15) is 18.0 Å². The molecule has 1 aromatic heterocycles. The highest BCUT2D eigenvalue weighted by Crippen LogP contribution is 2.27. The van der Waals surface area contributed by atoms with Crippen molar-refractivity contribution < 1.29 is 27.2 Å². The normalized spacial score (nSPS) is 10.6. The fourth-order valence-corrected chi connectivity index (χ4v) is 2.22. The largest absolute Gasteiger partial charge is 0.496 e. The second-order valence-corrected chi connectivity index (χ2v) is 5.12. The number of carbonyl (C=O) groups is 1. The van der Waals surface area contributed by atoms with Gasteiger partial charge in [0.05, 0.1) is 24.8 Å². The Morgan fingerprint density at radius 3 is 2.69 bits per heavy atom. The number of carbonyl (C=O) groups excluding carboxylic acids is 1. The van der Waals surface area contributed by atoms with E-state index >= 15 is 0 Å². The fourth-order valence-electron chi connectivity index (χ4n) is 2.22. The van der Waals surface area contributed by atoms with E-state index in [1.165, 1.54) is 7.11 Å². The molecule has 1 heterocycles. The summed E-state index contributed by atoms with van der Waals surface area (Å²) in [6.45, 7) is -0.223. The van der Waals surface area contributed by atoms with Gasteiger partial charge in [-0.3, -0.25) is 4.79 Å². The molecule has 134 valence electrons. The first-order chi connectivity index (χ1) is 12.5. The molecule has 1 amide bonds. The highest BCUT2D eigenvalue weighted by Gasteiger charge is 2.19. The minimum atomic E-state index is -1.71. The first-order valence-electron chi connectivity index (χ1n) is 7.39. The third-order valence-electron chi connectivity index (χ3n) is 3.50. The zero-order valence-electron chi connectivity index (χ0n) is 13.4. The molecule has 0 bridgehead atoms. The van der Waals surface area contributed by atoms with Crippen LogP contribution in [0.1, 0.15) is 16.2 Å². The summed E-state index contributed by atoms with van der Waals surface area (Å²) < 4.78 is 49.9. The average molecular weight is 363 g/mol. The third kappa shape index (κ3) is 3.37. The maximum Gasteiger partial charge on any atom is 0.254 e. The van der Waals surface area contributed by atoms with Crippen molar-refractivity contribution in [3.8, 4) is 17.1 Å². The van der Waals surface area contributed by atoms with Crippen LogP contribution in [0.25, 0.3) is 11.4 Å². The maximum absolute atomic E-state index is 13.6. The molecule has 0 aliphatic rings. The number of hydrogen-bond acceptors (Lipinski definition) is 5. The van der Waals surface area contributed by atoms with Crippen molar-refractivity contribution >= 4 is 5.91 Å². The van der Waals surface area contributed by atoms with Crippen LogP contribution in [0.4, 0.5) is 13.2 Å². The lowest BCUT2D eigenvalue weighted by molar-refractivity contribution is 0.0941. The summed E-state index contributed by atoms with van der Waals surface area (Å²) in [6.07, 6.45) is 0. The van der Waals surface area contributed by atoms with Crippen molar-refractivity contribution in [3.05, 3.63) is 65.3 Å². The van der Waals surface area contributed by atoms with Crippen LogP contribution < -0.4 is 10.1 Å². The van der Waals surface area contributed by atoms with Crippen LogP contribution in [0.3, 0.4) is 0 Å². The maximum atomic E-state index is 13.6. The molecular formula is C17H12F3N3O3. The average Bonchev–Trinajstić information content (AvgIpc) is 3.13. The van der Waals surface area contributed by atoms with Crippen LogP contribution in [0, 0.1) is 17.5 Å². The molecule has 0 fully saturated rings. The fraction of sp³-hybridized carbons (Fsp3) is 0.118. The predicted molar refractivity (Wildman–Crippen MR) is 83.8 cm³/mol. The van der Waals surface area contributed by atoms with Gasteiger partial charge in [-0.2, -0.15) is 4.98 Å². The third-order valence-corrected chi connectivity index (χ3v) is 3.50. The topological polar surface area (TPSA) is 77.3 Å². The number of nitrogens with one attached hydrogen (secondary N) is 1. The first-order valence-corrected chi connectivity index (χ1v) is 7.39. The van der Waals surface area contributed by atoms with E-state index < -0.39 is 28.9 Å². The van der Waals surface area contributed by atoms with Crippen molar-refractivity contribution in [1.29, 1.82) is 0 Å². The van der Waals surface area contributed by atoms with Crippen LogP contribution >= 0.6 is 0 Å². The van der Waals surface area contributed by atoms with Gasteiger partial charge in [0.25, 0.3) is 5.91 Å². The Morgan fingerprint density at radius 2 is 1.92 bits per heavy atom. The van der Waals surface area contributed by atoms with E-state index in [0.717, 1.165) is 6.07 Å². The molecule has 0 spiro atoms. The van der Waals surface area contributed by atoms with E-state index in [-0.39, 0.29) is 18.3 Å². The van der Waals surface area contributed by atoms with Crippen molar-refractivity contribution in [2.45, 2.75) is 6.54 Å². The molecule has 1 N–H and O–H groups in total. The Morgan fingerprint density at radius 1 is 1.15 bits per heavy atom. The predicted octanol–water partition coefficient (Wildman–Crippen LogP) is 3.09. The molecule has 0 aliphatic carbocycles. The summed E-state index contributed by atoms with van der Waals surface area (Å²) in [5.41, 5.74) is -0.0451. The Bertz CT molecular complexity index is 959. The number of amides is 1. The Balaban J connectivity index is 1.72. The van der Waals surface area contributed by atoms with E-state index in [1.807, 2.05) is 0 Å². The van der Waals surface area contributed by atoms with Crippen LogP contribution in [-0.4, -0.2) is 23.2 Å². The first kappa shape index (κ1) is 17.5. The molecule has 26 heavy (non-hydrogen) atoms. The molecule has 2 aromatic carbocycles. The molecule has 0 radical (unpaired) electrons. The molecule has 0 atom stereocenters. The van der Waals surface area contributed by atoms with Crippen LogP contribution in [-0.2, 0) is 6.54 Å². The monoisotopic (exact) mass is 363 g/mol. The van der Waals surface area contributed by atoms with E-state index in [1.54, 1.807) is 24.3 Å². The summed E-state index contributed by atoms with van der Waals surface area (Å²) >= 11 is 0. The van der Waals surface area contributed by atoms with Gasteiger partial charge in [-0.1, -0.05) is 17.3 Å². The molecule has 3 rings (SSSR count). The zero-order chi connectivity index (χ0) is 18.7. The smallest absolute Gasteiger partial charge is 0.254 e. The second-order valence-electron chi connectivity index (χ2n) is 5.12. The molecule has 0 saturated carbocycles. The van der Waals surface area contributed by atoms with Gasteiger partial charge in [0.1, 0.15) is 5.75 Å². The Hall–Kier alpha value is -3.36. The van der Waals surface area contributed by atoms with Crippen LogP contribution in [0.5, 0.6) is 5.75 Å². The molecule has 0 unspecified atom stereocenters. The molecule has 9 heteroatoms. The quantitative estimate of drug-likeness (QED) is 0.705. The molecule has 0 aliphatic heterocycles. The minimum absolute atomic E-state index is 0.0437. The van der Waals surface area contributed by atoms with Crippen molar-refractivity contribution in [2.24, 2.45) is 0 Å². The minimum Gasteiger partial charge on any atom is -0.496 e. The summed E-state index contributed by atoms with van der Waals surface area (Å²) in [5.74, 6) is -4.78. The van der Waals surface area contributed by atoms with Gasteiger partial charge < -0.3 is 14.6 Å².